The number of carbonyl (C=O) groups excluding carboxylic acids is 1. The van der Waals surface area contributed by atoms with Crippen molar-refractivity contribution in [2.24, 2.45) is 16.4 Å². The fourth-order valence-corrected chi connectivity index (χ4v) is 1.69. The van der Waals surface area contributed by atoms with Crippen molar-refractivity contribution < 1.29 is 9.53 Å². The smallest absolute Gasteiger partial charge is 0.311 e. The van der Waals surface area contributed by atoms with Crippen LogP contribution in [-0.4, -0.2) is 19.1 Å². The van der Waals surface area contributed by atoms with Crippen molar-refractivity contribution in [2.45, 2.75) is 27.2 Å². The molecule has 20 heavy (non-hydrogen) atoms. The molecule has 0 fully saturated rings. The van der Waals surface area contributed by atoms with Crippen molar-refractivity contribution >= 4 is 5.97 Å². The zero-order chi connectivity index (χ0) is 15.0. The molecule has 0 aliphatic rings. The fraction of sp³-hybridized carbons (Fsp3) is 0.533. The van der Waals surface area contributed by atoms with E-state index in [-0.39, 0.29) is 18.5 Å². The Morgan fingerprint density at radius 3 is 2.55 bits per heavy atom. The zero-order valence-electron chi connectivity index (χ0n) is 12.2. The number of hydrogen-bond donors (Lipinski definition) is 0. The third kappa shape index (κ3) is 5.76. The van der Waals surface area contributed by atoms with Crippen LogP contribution in [0.3, 0.4) is 0 Å². The Labute approximate surface area is 119 Å². The predicted molar refractivity (Wildman–Crippen MR) is 78.1 cm³/mol. The monoisotopic (exact) mass is 275 g/mol. The van der Waals surface area contributed by atoms with Crippen LogP contribution in [0.5, 0.6) is 0 Å². The van der Waals surface area contributed by atoms with Gasteiger partial charge < -0.3 is 4.74 Å². The zero-order valence-corrected chi connectivity index (χ0v) is 12.2. The standard InChI is InChI=1S/C15H21N3O2/c1-15(2,3)14(19)20-11-13(10-17-18-16)9-12-7-5-4-6-8-12/h4-8,13H,9-11H2,1-3H3/t13-/m0/s1. The minimum Gasteiger partial charge on any atom is -0.465 e. The quantitative estimate of drug-likeness (QED) is 0.343. The average molecular weight is 275 g/mol. The Kier molecular flexibility index (Phi) is 6.07. The Bertz CT molecular complexity index is 474. The number of ether oxygens (including phenoxy) is 1. The molecule has 5 nitrogen and oxygen atoms in total. The van der Waals surface area contributed by atoms with E-state index in [0.29, 0.717) is 6.54 Å². The van der Waals surface area contributed by atoms with Crippen molar-refractivity contribution in [3.05, 3.63) is 46.3 Å². The molecule has 0 unspecified atom stereocenters. The molecule has 0 bridgehead atoms. The van der Waals surface area contributed by atoms with Gasteiger partial charge in [0.25, 0.3) is 0 Å². The first-order chi connectivity index (χ1) is 9.43. The highest BCUT2D eigenvalue weighted by Crippen LogP contribution is 2.17. The maximum atomic E-state index is 11.8. The molecule has 1 aromatic rings. The lowest BCUT2D eigenvalue weighted by Gasteiger charge is -2.20. The van der Waals surface area contributed by atoms with Gasteiger partial charge >= 0.3 is 5.97 Å². The van der Waals surface area contributed by atoms with Gasteiger partial charge in [-0.3, -0.25) is 4.79 Å². The topological polar surface area (TPSA) is 75.1 Å². The number of rotatable bonds is 6. The number of hydrogen-bond acceptors (Lipinski definition) is 3. The second kappa shape index (κ2) is 7.56. The van der Waals surface area contributed by atoms with E-state index in [9.17, 15) is 4.79 Å². The second-order valence-electron chi connectivity index (χ2n) is 5.82. The number of nitrogens with zero attached hydrogens (tertiary/aromatic N) is 3. The molecule has 0 heterocycles. The Morgan fingerprint density at radius 1 is 1.35 bits per heavy atom. The van der Waals surface area contributed by atoms with Gasteiger partial charge in [0, 0.05) is 17.4 Å². The number of benzene rings is 1. The summed E-state index contributed by atoms with van der Waals surface area (Å²) in [4.78, 5) is 14.5. The Hall–Kier alpha value is -2.00. The van der Waals surface area contributed by atoms with Gasteiger partial charge in [-0.25, -0.2) is 0 Å². The summed E-state index contributed by atoms with van der Waals surface area (Å²) in [5.41, 5.74) is 9.06. The summed E-state index contributed by atoms with van der Waals surface area (Å²) in [6, 6.07) is 9.89. The summed E-state index contributed by atoms with van der Waals surface area (Å²) in [7, 11) is 0. The Balaban J connectivity index is 2.61. The van der Waals surface area contributed by atoms with Crippen LogP contribution in [0.15, 0.2) is 35.4 Å². The summed E-state index contributed by atoms with van der Waals surface area (Å²) in [5.74, 6) is -0.240. The molecule has 0 aliphatic carbocycles. The first-order valence-corrected chi connectivity index (χ1v) is 6.65. The molecular weight excluding hydrogens is 254 g/mol. The minimum absolute atomic E-state index is 0.000370. The van der Waals surface area contributed by atoms with Crippen LogP contribution in [0.25, 0.3) is 10.4 Å². The van der Waals surface area contributed by atoms with Gasteiger partial charge in [-0.1, -0.05) is 35.4 Å². The molecule has 0 aliphatic heterocycles. The molecule has 0 spiro atoms. The first kappa shape index (κ1) is 16.1. The summed E-state index contributed by atoms with van der Waals surface area (Å²) in [5, 5.41) is 3.60. The van der Waals surface area contributed by atoms with E-state index in [1.165, 1.54) is 0 Å². The number of esters is 1. The van der Waals surface area contributed by atoms with E-state index in [0.717, 1.165) is 12.0 Å². The van der Waals surface area contributed by atoms with E-state index in [1.807, 2.05) is 51.1 Å². The molecule has 1 aromatic carbocycles. The van der Waals surface area contributed by atoms with Crippen molar-refractivity contribution in [3.8, 4) is 0 Å². The van der Waals surface area contributed by atoms with Gasteiger partial charge in [0.1, 0.15) is 0 Å². The third-order valence-electron chi connectivity index (χ3n) is 2.83. The Morgan fingerprint density at radius 2 is 2.00 bits per heavy atom. The molecular formula is C15H21N3O2. The van der Waals surface area contributed by atoms with E-state index in [4.69, 9.17) is 10.3 Å². The van der Waals surface area contributed by atoms with Crippen LogP contribution in [0.4, 0.5) is 0 Å². The lowest BCUT2D eigenvalue weighted by atomic mass is 9.97. The fourth-order valence-electron chi connectivity index (χ4n) is 1.69. The third-order valence-corrected chi connectivity index (χ3v) is 2.83. The highest BCUT2D eigenvalue weighted by Gasteiger charge is 2.24. The molecule has 0 N–H and O–H groups in total. The maximum absolute atomic E-state index is 11.8. The molecule has 0 saturated heterocycles. The maximum Gasteiger partial charge on any atom is 0.311 e. The highest BCUT2D eigenvalue weighted by atomic mass is 16.5. The van der Waals surface area contributed by atoms with Crippen molar-refractivity contribution in [2.75, 3.05) is 13.2 Å². The van der Waals surface area contributed by atoms with Crippen molar-refractivity contribution in [1.29, 1.82) is 0 Å². The van der Waals surface area contributed by atoms with Crippen LogP contribution in [0.2, 0.25) is 0 Å². The number of azide groups is 1. The van der Waals surface area contributed by atoms with Gasteiger partial charge in [0.15, 0.2) is 0 Å². The van der Waals surface area contributed by atoms with Crippen molar-refractivity contribution in [1.82, 2.24) is 0 Å². The van der Waals surface area contributed by atoms with Crippen LogP contribution >= 0.6 is 0 Å². The molecule has 5 heteroatoms. The summed E-state index contributed by atoms with van der Waals surface area (Å²) in [6.45, 7) is 6.03. The van der Waals surface area contributed by atoms with Gasteiger partial charge in [-0.05, 0) is 38.3 Å². The van der Waals surface area contributed by atoms with E-state index in [2.05, 4.69) is 10.0 Å². The van der Waals surface area contributed by atoms with Gasteiger partial charge in [0.05, 0.1) is 12.0 Å². The molecule has 0 amide bonds. The summed E-state index contributed by atoms with van der Waals surface area (Å²) in [6.07, 6.45) is 0.720. The molecule has 1 atom stereocenters. The van der Waals surface area contributed by atoms with Gasteiger partial charge in [-0.15, -0.1) is 0 Å². The van der Waals surface area contributed by atoms with Crippen molar-refractivity contribution in [3.63, 3.8) is 0 Å². The van der Waals surface area contributed by atoms with E-state index >= 15 is 0 Å². The SMILES string of the molecule is CC(C)(C)C(=O)OC[C@H](CN=[N+]=[N-])Cc1ccccc1. The molecule has 0 aromatic heterocycles. The van der Waals surface area contributed by atoms with E-state index < -0.39 is 5.41 Å². The lowest BCUT2D eigenvalue weighted by molar-refractivity contribution is -0.154. The van der Waals surface area contributed by atoms with Gasteiger partial charge in [-0.2, -0.15) is 0 Å². The van der Waals surface area contributed by atoms with Gasteiger partial charge in [0.2, 0.25) is 0 Å². The largest absolute Gasteiger partial charge is 0.465 e. The average Bonchev–Trinajstić information content (AvgIpc) is 2.41. The molecule has 108 valence electrons. The molecule has 0 radical (unpaired) electrons. The summed E-state index contributed by atoms with van der Waals surface area (Å²) < 4.78 is 5.32. The summed E-state index contributed by atoms with van der Waals surface area (Å²) >= 11 is 0. The van der Waals surface area contributed by atoms with Crippen LogP contribution in [-0.2, 0) is 16.0 Å². The van der Waals surface area contributed by atoms with E-state index in [1.54, 1.807) is 0 Å². The predicted octanol–water partition coefficient (Wildman–Crippen LogP) is 3.74. The lowest BCUT2D eigenvalue weighted by Crippen LogP contribution is -2.27. The van der Waals surface area contributed by atoms with Crippen LogP contribution < -0.4 is 0 Å². The molecule has 0 saturated carbocycles. The minimum atomic E-state index is -0.518. The second-order valence-corrected chi connectivity index (χ2v) is 5.82. The van der Waals surface area contributed by atoms with Crippen LogP contribution in [0, 0.1) is 11.3 Å². The van der Waals surface area contributed by atoms with Crippen LogP contribution in [0.1, 0.15) is 26.3 Å². The highest BCUT2D eigenvalue weighted by molar-refractivity contribution is 5.75. The number of carbonyl (C=O) groups is 1. The molecule has 1 rings (SSSR count). The first-order valence-electron chi connectivity index (χ1n) is 6.65. The normalized spacial score (nSPS) is 12.3.